The number of amides is 2. The van der Waals surface area contributed by atoms with Gasteiger partial charge in [0.25, 0.3) is 0 Å². The topological polar surface area (TPSA) is 91.8 Å². The van der Waals surface area contributed by atoms with E-state index in [1.54, 1.807) is 25.4 Å². The lowest BCUT2D eigenvalue weighted by atomic mass is 9.75. The van der Waals surface area contributed by atoms with Crippen molar-refractivity contribution in [3.63, 3.8) is 0 Å². The van der Waals surface area contributed by atoms with E-state index in [4.69, 9.17) is 4.74 Å². The predicted octanol–water partition coefficient (Wildman–Crippen LogP) is 1.44. The van der Waals surface area contributed by atoms with E-state index in [1.807, 2.05) is 11.0 Å². The van der Waals surface area contributed by atoms with E-state index in [0.29, 0.717) is 19.5 Å². The van der Waals surface area contributed by atoms with Crippen molar-refractivity contribution in [3.8, 4) is 0 Å². The van der Waals surface area contributed by atoms with Crippen molar-refractivity contribution in [2.75, 3.05) is 19.7 Å². The molecule has 1 aromatic heterocycles. The van der Waals surface area contributed by atoms with Crippen molar-refractivity contribution < 1.29 is 19.4 Å². The molecule has 0 unspecified atom stereocenters. The third kappa shape index (κ3) is 4.46. The molecule has 1 aromatic rings. The fraction of sp³-hybridized carbons (Fsp3) is 0.682. The number of aromatic nitrogens is 1. The largest absolute Gasteiger partial charge is 0.388 e. The summed E-state index contributed by atoms with van der Waals surface area (Å²) in [6.45, 7) is 3.42. The fourth-order valence-corrected chi connectivity index (χ4v) is 4.77. The zero-order valence-electron chi connectivity index (χ0n) is 17.1. The van der Waals surface area contributed by atoms with Crippen molar-refractivity contribution in [2.24, 2.45) is 5.92 Å². The van der Waals surface area contributed by atoms with E-state index in [9.17, 15) is 14.7 Å². The lowest BCUT2D eigenvalue weighted by molar-refractivity contribution is -0.191. The number of nitrogens with zero attached hydrogens (tertiary/aromatic N) is 2. The third-order valence-corrected chi connectivity index (χ3v) is 6.85. The number of carbonyl (C=O) groups excluding carboxylic acids is 2. The maximum absolute atomic E-state index is 12.5. The highest BCUT2D eigenvalue weighted by molar-refractivity contribution is 5.80. The number of nitrogens with one attached hydrogen (secondary N) is 1. The standard InChI is InChI=1S/C22H31N3O4/c1-21(28)15-22(7-10-25(11-8-22)20(27)17-5-2-6-17)29-14-18(21)24-19(26)12-16-4-3-9-23-13-16/h3-4,9,13,17-18,28H,2,5-8,10-12,14-15H2,1H3,(H,24,26)/t18-,21-/m0/s1. The van der Waals surface area contributed by atoms with Gasteiger partial charge in [0.2, 0.25) is 11.8 Å². The van der Waals surface area contributed by atoms with Crippen molar-refractivity contribution in [3.05, 3.63) is 30.1 Å². The van der Waals surface area contributed by atoms with Crippen molar-refractivity contribution in [2.45, 2.75) is 69.1 Å². The molecule has 2 atom stereocenters. The molecule has 7 nitrogen and oxygen atoms in total. The Morgan fingerprint density at radius 3 is 2.69 bits per heavy atom. The molecule has 2 saturated heterocycles. The Morgan fingerprint density at radius 2 is 2.10 bits per heavy atom. The predicted molar refractivity (Wildman–Crippen MR) is 107 cm³/mol. The molecular formula is C22H31N3O4. The minimum absolute atomic E-state index is 0.149. The molecule has 2 aliphatic heterocycles. The summed E-state index contributed by atoms with van der Waals surface area (Å²) < 4.78 is 6.21. The third-order valence-electron chi connectivity index (χ3n) is 6.85. The van der Waals surface area contributed by atoms with Gasteiger partial charge < -0.3 is 20.1 Å². The maximum Gasteiger partial charge on any atom is 0.225 e. The molecule has 29 heavy (non-hydrogen) atoms. The van der Waals surface area contributed by atoms with E-state index in [-0.39, 0.29) is 30.8 Å². The van der Waals surface area contributed by atoms with Crippen LogP contribution in [0.15, 0.2) is 24.5 Å². The van der Waals surface area contributed by atoms with Gasteiger partial charge in [-0.2, -0.15) is 0 Å². The highest BCUT2D eigenvalue weighted by Crippen LogP contribution is 2.40. The van der Waals surface area contributed by atoms with Crippen LogP contribution in [0, 0.1) is 5.92 Å². The Labute approximate surface area is 171 Å². The highest BCUT2D eigenvalue weighted by atomic mass is 16.5. The van der Waals surface area contributed by atoms with Gasteiger partial charge in [0, 0.05) is 37.8 Å². The second-order valence-electron chi connectivity index (χ2n) is 9.14. The van der Waals surface area contributed by atoms with Gasteiger partial charge in [0.15, 0.2) is 0 Å². The number of hydrogen-bond donors (Lipinski definition) is 2. The van der Waals surface area contributed by atoms with Crippen LogP contribution >= 0.6 is 0 Å². The number of piperidine rings is 1. The average Bonchev–Trinajstić information content (AvgIpc) is 2.64. The number of rotatable bonds is 4. The lowest BCUT2D eigenvalue weighted by Gasteiger charge is -2.51. The summed E-state index contributed by atoms with van der Waals surface area (Å²) in [5.41, 5.74) is -0.630. The number of hydrogen-bond acceptors (Lipinski definition) is 5. The average molecular weight is 402 g/mol. The summed E-state index contributed by atoms with van der Waals surface area (Å²) in [4.78, 5) is 30.9. The van der Waals surface area contributed by atoms with Crippen molar-refractivity contribution in [1.29, 1.82) is 0 Å². The molecule has 0 radical (unpaired) electrons. The molecule has 1 spiro atoms. The Kier molecular flexibility index (Phi) is 5.62. The molecule has 158 valence electrons. The molecule has 4 rings (SSSR count). The Hall–Kier alpha value is -1.99. The quantitative estimate of drug-likeness (QED) is 0.797. The second kappa shape index (κ2) is 8.03. The molecule has 0 aromatic carbocycles. The summed E-state index contributed by atoms with van der Waals surface area (Å²) in [6.07, 6.45) is 8.70. The van der Waals surface area contributed by atoms with Crippen LogP contribution in [0.25, 0.3) is 0 Å². The van der Waals surface area contributed by atoms with Crippen LogP contribution in [0.2, 0.25) is 0 Å². The summed E-state index contributed by atoms with van der Waals surface area (Å²) >= 11 is 0. The first kappa shape index (κ1) is 20.3. The maximum atomic E-state index is 12.5. The van der Waals surface area contributed by atoms with Gasteiger partial charge in [0.1, 0.15) is 0 Å². The van der Waals surface area contributed by atoms with Crippen LogP contribution in [0.4, 0.5) is 0 Å². The molecule has 0 bridgehead atoms. The SMILES string of the molecule is C[C@]1(O)CC2(CCN(C(=O)C3CCC3)CC2)OC[C@@H]1NC(=O)Cc1cccnc1. The van der Waals surface area contributed by atoms with Gasteiger partial charge in [-0.1, -0.05) is 12.5 Å². The van der Waals surface area contributed by atoms with Crippen LogP contribution in [0.1, 0.15) is 51.0 Å². The van der Waals surface area contributed by atoms with Crippen LogP contribution in [-0.2, 0) is 20.7 Å². The number of ether oxygens (including phenoxy) is 1. The van der Waals surface area contributed by atoms with Crippen LogP contribution in [0.3, 0.4) is 0 Å². The molecule has 7 heteroatoms. The number of aliphatic hydroxyl groups is 1. The van der Waals surface area contributed by atoms with Crippen molar-refractivity contribution >= 4 is 11.8 Å². The number of carbonyl (C=O) groups is 2. The van der Waals surface area contributed by atoms with E-state index >= 15 is 0 Å². The van der Waals surface area contributed by atoms with Gasteiger partial charge >= 0.3 is 0 Å². The Bertz CT molecular complexity index is 740. The second-order valence-corrected chi connectivity index (χ2v) is 9.14. The molecule has 1 aliphatic carbocycles. The smallest absolute Gasteiger partial charge is 0.225 e. The molecular weight excluding hydrogens is 370 g/mol. The van der Waals surface area contributed by atoms with Crippen LogP contribution < -0.4 is 5.32 Å². The summed E-state index contributed by atoms with van der Waals surface area (Å²) in [7, 11) is 0. The van der Waals surface area contributed by atoms with Gasteiger partial charge in [-0.3, -0.25) is 14.6 Å². The first-order valence-corrected chi connectivity index (χ1v) is 10.7. The molecule has 3 aliphatic rings. The molecule has 1 saturated carbocycles. The Morgan fingerprint density at radius 1 is 1.34 bits per heavy atom. The lowest BCUT2D eigenvalue weighted by Crippen LogP contribution is -2.64. The summed E-state index contributed by atoms with van der Waals surface area (Å²) in [5.74, 6) is 0.358. The van der Waals surface area contributed by atoms with E-state index in [1.165, 1.54) is 0 Å². The molecule has 3 heterocycles. The number of likely N-dealkylation sites (tertiary alicyclic amines) is 1. The monoisotopic (exact) mass is 401 g/mol. The zero-order chi connectivity index (χ0) is 20.5. The van der Waals surface area contributed by atoms with Crippen LogP contribution in [-0.4, -0.2) is 63.7 Å². The Balaban J connectivity index is 1.31. The fourth-order valence-electron chi connectivity index (χ4n) is 4.77. The summed E-state index contributed by atoms with van der Waals surface area (Å²) in [5, 5.41) is 14.0. The van der Waals surface area contributed by atoms with E-state index in [0.717, 1.165) is 37.7 Å². The molecule has 2 amide bonds. The first-order valence-electron chi connectivity index (χ1n) is 10.7. The normalized spacial score (nSPS) is 29.3. The summed E-state index contributed by atoms with van der Waals surface area (Å²) in [6, 6.07) is 3.20. The van der Waals surface area contributed by atoms with Gasteiger partial charge in [-0.05, 0) is 44.2 Å². The minimum Gasteiger partial charge on any atom is -0.388 e. The van der Waals surface area contributed by atoms with Gasteiger partial charge in [-0.25, -0.2) is 0 Å². The van der Waals surface area contributed by atoms with Crippen molar-refractivity contribution in [1.82, 2.24) is 15.2 Å². The van der Waals surface area contributed by atoms with E-state index in [2.05, 4.69) is 10.3 Å². The molecule has 2 N–H and O–H groups in total. The van der Waals surface area contributed by atoms with E-state index < -0.39 is 17.2 Å². The van der Waals surface area contributed by atoms with Gasteiger partial charge in [0.05, 0.1) is 30.3 Å². The van der Waals surface area contributed by atoms with Gasteiger partial charge in [-0.15, -0.1) is 0 Å². The first-order chi connectivity index (χ1) is 13.9. The molecule has 3 fully saturated rings. The minimum atomic E-state index is -1.05. The zero-order valence-corrected chi connectivity index (χ0v) is 17.1. The highest BCUT2D eigenvalue weighted by Gasteiger charge is 2.50. The van der Waals surface area contributed by atoms with Crippen LogP contribution in [0.5, 0.6) is 0 Å². The number of pyridine rings is 1.